The van der Waals surface area contributed by atoms with Gasteiger partial charge >= 0.3 is 0 Å². The lowest BCUT2D eigenvalue weighted by Gasteiger charge is -2.34. The van der Waals surface area contributed by atoms with Crippen molar-refractivity contribution in [2.24, 2.45) is 0 Å². The normalized spacial score (nSPS) is 19.6. The van der Waals surface area contributed by atoms with Gasteiger partial charge in [-0.05, 0) is 36.2 Å². The molecule has 2 aromatic carbocycles. The maximum atomic E-state index is 10.3. The van der Waals surface area contributed by atoms with Crippen LogP contribution < -0.4 is 4.74 Å². The maximum Gasteiger partial charge on any atom is 0.122 e. The zero-order valence-corrected chi connectivity index (χ0v) is 16.0. The van der Waals surface area contributed by atoms with E-state index < -0.39 is 6.10 Å². The Morgan fingerprint density at radius 1 is 1.24 bits per heavy atom. The van der Waals surface area contributed by atoms with Gasteiger partial charge in [-0.15, -0.1) is 0 Å². The molecular formula is C20H24BrNO3. The summed E-state index contributed by atoms with van der Waals surface area (Å²) in [5.41, 5.74) is 2.25. The number of aliphatic hydroxyl groups excluding tert-OH is 1. The van der Waals surface area contributed by atoms with Crippen LogP contribution in [0.5, 0.6) is 5.75 Å². The third kappa shape index (κ3) is 5.28. The van der Waals surface area contributed by atoms with E-state index in [0.717, 1.165) is 28.9 Å². The van der Waals surface area contributed by atoms with Crippen LogP contribution in [0.1, 0.15) is 17.2 Å². The fraction of sp³-hybridized carbons (Fsp3) is 0.400. The molecular weight excluding hydrogens is 382 g/mol. The van der Waals surface area contributed by atoms with E-state index in [1.807, 2.05) is 43.3 Å². The zero-order chi connectivity index (χ0) is 17.6. The molecule has 2 atom stereocenters. The van der Waals surface area contributed by atoms with Crippen LogP contribution in [0.3, 0.4) is 0 Å². The van der Waals surface area contributed by atoms with Crippen LogP contribution in [0.25, 0.3) is 0 Å². The lowest BCUT2D eigenvalue weighted by Crippen LogP contribution is -2.43. The van der Waals surface area contributed by atoms with Crippen molar-refractivity contribution in [3.8, 4) is 5.75 Å². The second-order valence-corrected chi connectivity index (χ2v) is 7.32. The highest BCUT2D eigenvalue weighted by Gasteiger charge is 2.23. The zero-order valence-electron chi connectivity index (χ0n) is 14.4. The standard InChI is InChI=1S/C20H24BrNO3/c1-15-4-2-3-5-19(15)25-14-18(23)12-22-10-11-24-20(13-22)16-6-8-17(21)9-7-16/h2-9,18,20,23H,10-14H2,1H3. The highest BCUT2D eigenvalue weighted by molar-refractivity contribution is 9.10. The molecule has 3 rings (SSSR count). The van der Waals surface area contributed by atoms with E-state index >= 15 is 0 Å². The first-order chi connectivity index (χ1) is 12.1. The minimum absolute atomic E-state index is 0.0475. The Morgan fingerprint density at radius 3 is 2.76 bits per heavy atom. The average molecular weight is 406 g/mol. The summed E-state index contributed by atoms with van der Waals surface area (Å²) in [7, 11) is 0. The number of β-amino-alcohol motifs (C(OH)–C–C–N with tert-alkyl or cyclic N) is 1. The molecule has 4 nitrogen and oxygen atoms in total. The number of ether oxygens (including phenoxy) is 2. The van der Waals surface area contributed by atoms with Gasteiger partial charge in [-0.25, -0.2) is 0 Å². The van der Waals surface area contributed by atoms with Crippen molar-refractivity contribution in [2.45, 2.75) is 19.1 Å². The number of benzene rings is 2. The summed E-state index contributed by atoms with van der Waals surface area (Å²) in [4.78, 5) is 2.24. The summed E-state index contributed by atoms with van der Waals surface area (Å²) in [5, 5.41) is 10.3. The predicted molar refractivity (Wildman–Crippen MR) is 102 cm³/mol. The number of para-hydroxylation sites is 1. The number of nitrogens with zero attached hydrogens (tertiary/aromatic N) is 1. The molecule has 0 spiro atoms. The van der Waals surface area contributed by atoms with E-state index in [1.165, 1.54) is 5.56 Å². The summed E-state index contributed by atoms with van der Waals surface area (Å²) in [6.45, 7) is 5.17. The monoisotopic (exact) mass is 405 g/mol. The van der Waals surface area contributed by atoms with Gasteiger partial charge in [0, 0.05) is 24.1 Å². The average Bonchev–Trinajstić information content (AvgIpc) is 2.62. The van der Waals surface area contributed by atoms with Crippen molar-refractivity contribution in [3.05, 3.63) is 64.1 Å². The lowest BCUT2D eigenvalue weighted by atomic mass is 10.1. The third-order valence-electron chi connectivity index (χ3n) is 4.39. The first kappa shape index (κ1) is 18.4. The van der Waals surface area contributed by atoms with Crippen molar-refractivity contribution < 1.29 is 14.6 Å². The van der Waals surface area contributed by atoms with Crippen LogP contribution in [0, 0.1) is 6.92 Å². The topological polar surface area (TPSA) is 41.9 Å². The Labute approximate surface area is 157 Å². The second kappa shape index (κ2) is 8.81. The quantitative estimate of drug-likeness (QED) is 0.797. The van der Waals surface area contributed by atoms with Crippen molar-refractivity contribution in [1.29, 1.82) is 0 Å². The smallest absolute Gasteiger partial charge is 0.122 e. The number of morpholine rings is 1. The van der Waals surface area contributed by atoms with Crippen LogP contribution in [0.4, 0.5) is 0 Å². The van der Waals surface area contributed by atoms with E-state index in [-0.39, 0.29) is 6.10 Å². The van der Waals surface area contributed by atoms with Gasteiger partial charge in [0.05, 0.1) is 12.7 Å². The lowest BCUT2D eigenvalue weighted by molar-refractivity contribution is -0.0459. The Hall–Kier alpha value is -1.40. The Balaban J connectivity index is 1.50. The van der Waals surface area contributed by atoms with Crippen molar-refractivity contribution in [2.75, 3.05) is 32.8 Å². The fourth-order valence-electron chi connectivity index (χ4n) is 3.00. The summed E-state index contributed by atoms with van der Waals surface area (Å²) < 4.78 is 12.7. The molecule has 1 aliphatic rings. The molecule has 5 heteroatoms. The molecule has 0 aromatic heterocycles. The van der Waals surface area contributed by atoms with Gasteiger partial charge in [0.15, 0.2) is 0 Å². The van der Waals surface area contributed by atoms with Crippen LogP contribution >= 0.6 is 15.9 Å². The Bertz CT molecular complexity index is 677. The molecule has 134 valence electrons. The molecule has 1 saturated heterocycles. The minimum atomic E-state index is -0.525. The van der Waals surface area contributed by atoms with E-state index in [4.69, 9.17) is 9.47 Å². The molecule has 2 aromatic rings. The number of hydrogen-bond acceptors (Lipinski definition) is 4. The van der Waals surface area contributed by atoms with Crippen molar-refractivity contribution in [3.63, 3.8) is 0 Å². The van der Waals surface area contributed by atoms with Gasteiger partial charge < -0.3 is 14.6 Å². The molecule has 1 N–H and O–H groups in total. The van der Waals surface area contributed by atoms with Crippen LogP contribution in [0.2, 0.25) is 0 Å². The summed E-state index contributed by atoms with van der Waals surface area (Å²) >= 11 is 3.46. The summed E-state index contributed by atoms with van der Waals surface area (Å²) in [5.74, 6) is 0.830. The van der Waals surface area contributed by atoms with Gasteiger partial charge in [0.1, 0.15) is 18.5 Å². The molecule has 2 unspecified atom stereocenters. The fourth-order valence-corrected chi connectivity index (χ4v) is 3.27. The van der Waals surface area contributed by atoms with Crippen LogP contribution in [-0.2, 0) is 4.74 Å². The molecule has 0 saturated carbocycles. The van der Waals surface area contributed by atoms with E-state index in [0.29, 0.717) is 19.8 Å². The van der Waals surface area contributed by atoms with Gasteiger partial charge in [-0.3, -0.25) is 4.90 Å². The van der Waals surface area contributed by atoms with Crippen molar-refractivity contribution >= 4 is 15.9 Å². The molecule has 1 fully saturated rings. The van der Waals surface area contributed by atoms with Crippen molar-refractivity contribution in [1.82, 2.24) is 4.90 Å². The molecule has 25 heavy (non-hydrogen) atoms. The summed E-state index contributed by atoms with van der Waals surface area (Å²) in [6, 6.07) is 16.1. The molecule has 0 amide bonds. The summed E-state index contributed by atoms with van der Waals surface area (Å²) in [6.07, 6.45) is -0.477. The number of aryl methyl sites for hydroxylation is 1. The van der Waals surface area contributed by atoms with Crippen LogP contribution in [0.15, 0.2) is 53.0 Å². The van der Waals surface area contributed by atoms with Gasteiger partial charge in [0.25, 0.3) is 0 Å². The van der Waals surface area contributed by atoms with E-state index in [2.05, 4.69) is 33.0 Å². The third-order valence-corrected chi connectivity index (χ3v) is 4.91. The Morgan fingerprint density at radius 2 is 2.00 bits per heavy atom. The highest BCUT2D eigenvalue weighted by Crippen LogP contribution is 2.24. The van der Waals surface area contributed by atoms with Gasteiger partial charge in [-0.1, -0.05) is 46.3 Å². The van der Waals surface area contributed by atoms with Crippen LogP contribution in [-0.4, -0.2) is 49.0 Å². The molecule has 1 heterocycles. The second-order valence-electron chi connectivity index (χ2n) is 6.40. The molecule has 0 aliphatic carbocycles. The van der Waals surface area contributed by atoms with E-state index in [9.17, 15) is 5.11 Å². The highest BCUT2D eigenvalue weighted by atomic mass is 79.9. The molecule has 0 radical (unpaired) electrons. The number of hydrogen-bond donors (Lipinski definition) is 1. The van der Waals surface area contributed by atoms with Gasteiger partial charge in [0.2, 0.25) is 0 Å². The van der Waals surface area contributed by atoms with Gasteiger partial charge in [-0.2, -0.15) is 0 Å². The molecule has 1 aliphatic heterocycles. The minimum Gasteiger partial charge on any atom is -0.491 e. The Kier molecular flexibility index (Phi) is 6.48. The number of rotatable bonds is 6. The molecule has 0 bridgehead atoms. The number of halogens is 1. The first-order valence-corrected chi connectivity index (χ1v) is 9.37. The predicted octanol–water partition coefficient (Wildman–Crippen LogP) is 3.57. The maximum absolute atomic E-state index is 10.3. The van der Waals surface area contributed by atoms with E-state index in [1.54, 1.807) is 0 Å². The number of aliphatic hydroxyl groups is 1. The first-order valence-electron chi connectivity index (χ1n) is 8.58. The largest absolute Gasteiger partial charge is 0.491 e. The SMILES string of the molecule is Cc1ccccc1OCC(O)CN1CCOC(c2ccc(Br)cc2)C1.